The number of hydrazine groups is 1. The number of carbonyl (C=O) groups excluding carboxylic acids is 2. The third-order valence-corrected chi connectivity index (χ3v) is 3.29. The van der Waals surface area contributed by atoms with E-state index < -0.39 is 0 Å². The lowest BCUT2D eigenvalue weighted by Gasteiger charge is -2.08. The molecule has 21 heavy (non-hydrogen) atoms. The van der Waals surface area contributed by atoms with E-state index in [1.165, 1.54) is 0 Å². The highest BCUT2D eigenvalue weighted by Gasteiger charge is 2.09. The first kappa shape index (κ1) is 15.2. The third-order valence-electron chi connectivity index (χ3n) is 2.80. The molecule has 7 heteroatoms. The van der Waals surface area contributed by atoms with Crippen molar-refractivity contribution < 1.29 is 9.59 Å². The number of hydrogen-bond donors (Lipinski definition) is 2. The zero-order chi connectivity index (χ0) is 15.4. The minimum atomic E-state index is -0.377. The molecule has 0 atom stereocenters. The second kappa shape index (κ2) is 6.53. The van der Waals surface area contributed by atoms with Gasteiger partial charge in [-0.1, -0.05) is 22.0 Å². The van der Waals surface area contributed by atoms with Crippen LogP contribution in [0.3, 0.4) is 0 Å². The minimum absolute atomic E-state index is 0.0540. The molecule has 110 valence electrons. The van der Waals surface area contributed by atoms with E-state index in [0.29, 0.717) is 5.56 Å². The van der Waals surface area contributed by atoms with Crippen LogP contribution in [0.1, 0.15) is 21.7 Å². The Morgan fingerprint density at radius 3 is 2.62 bits per heavy atom. The highest BCUT2D eigenvalue weighted by molar-refractivity contribution is 9.10. The SMILES string of the molecule is Cc1cc(C)n(CC(=O)NNC(=O)c2cccc(Br)c2)n1. The van der Waals surface area contributed by atoms with E-state index in [9.17, 15) is 9.59 Å². The highest BCUT2D eigenvalue weighted by Crippen LogP contribution is 2.11. The van der Waals surface area contributed by atoms with Crippen LogP contribution in [0.5, 0.6) is 0 Å². The van der Waals surface area contributed by atoms with E-state index in [2.05, 4.69) is 31.9 Å². The summed E-state index contributed by atoms with van der Waals surface area (Å²) >= 11 is 3.29. The third kappa shape index (κ3) is 4.16. The van der Waals surface area contributed by atoms with Gasteiger partial charge in [0.15, 0.2) is 0 Å². The maximum absolute atomic E-state index is 11.9. The van der Waals surface area contributed by atoms with Gasteiger partial charge in [-0.25, -0.2) is 0 Å². The fourth-order valence-corrected chi connectivity index (χ4v) is 2.24. The normalized spacial score (nSPS) is 10.2. The van der Waals surface area contributed by atoms with Gasteiger partial charge in [0.25, 0.3) is 11.8 Å². The van der Waals surface area contributed by atoms with Crippen molar-refractivity contribution in [2.24, 2.45) is 0 Å². The number of nitrogens with one attached hydrogen (secondary N) is 2. The number of amides is 2. The maximum Gasteiger partial charge on any atom is 0.269 e. The molecule has 1 aromatic carbocycles. The maximum atomic E-state index is 11.9. The molecular formula is C14H15BrN4O2. The molecular weight excluding hydrogens is 336 g/mol. The Labute approximate surface area is 130 Å². The van der Waals surface area contributed by atoms with Crippen molar-refractivity contribution in [3.8, 4) is 0 Å². The van der Waals surface area contributed by atoms with E-state index >= 15 is 0 Å². The molecule has 0 fully saturated rings. The molecule has 2 N–H and O–H groups in total. The molecule has 1 aromatic heterocycles. The Morgan fingerprint density at radius 1 is 1.24 bits per heavy atom. The number of hydrogen-bond acceptors (Lipinski definition) is 3. The van der Waals surface area contributed by atoms with E-state index in [1.54, 1.807) is 22.9 Å². The number of benzene rings is 1. The number of nitrogens with zero attached hydrogens (tertiary/aromatic N) is 2. The van der Waals surface area contributed by atoms with Crippen molar-refractivity contribution in [3.63, 3.8) is 0 Å². The lowest BCUT2D eigenvalue weighted by Crippen LogP contribution is -2.43. The highest BCUT2D eigenvalue weighted by atomic mass is 79.9. The molecule has 0 saturated heterocycles. The van der Waals surface area contributed by atoms with E-state index in [4.69, 9.17) is 0 Å². The van der Waals surface area contributed by atoms with Gasteiger partial charge in [0, 0.05) is 15.7 Å². The van der Waals surface area contributed by atoms with E-state index in [0.717, 1.165) is 15.9 Å². The van der Waals surface area contributed by atoms with Crippen LogP contribution in [0.2, 0.25) is 0 Å². The fourth-order valence-electron chi connectivity index (χ4n) is 1.84. The Morgan fingerprint density at radius 2 is 2.00 bits per heavy atom. The van der Waals surface area contributed by atoms with Crippen LogP contribution in [-0.4, -0.2) is 21.6 Å². The monoisotopic (exact) mass is 350 g/mol. The molecule has 0 aliphatic rings. The first-order valence-electron chi connectivity index (χ1n) is 6.31. The molecule has 2 amide bonds. The van der Waals surface area contributed by atoms with Gasteiger partial charge in [0.05, 0.1) is 5.69 Å². The van der Waals surface area contributed by atoms with Gasteiger partial charge in [-0.2, -0.15) is 5.10 Å². The number of rotatable bonds is 3. The summed E-state index contributed by atoms with van der Waals surface area (Å²) in [5, 5.41) is 4.18. The average Bonchev–Trinajstić information content (AvgIpc) is 2.74. The van der Waals surface area contributed by atoms with Gasteiger partial charge >= 0.3 is 0 Å². The molecule has 0 spiro atoms. The van der Waals surface area contributed by atoms with Crippen molar-refractivity contribution in [1.82, 2.24) is 20.6 Å². The van der Waals surface area contributed by atoms with Crippen LogP contribution in [0.15, 0.2) is 34.8 Å². The summed E-state index contributed by atoms with van der Waals surface area (Å²) < 4.78 is 2.37. The molecule has 6 nitrogen and oxygen atoms in total. The molecule has 0 saturated carbocycles. The summed E-state index contributed by atoms with van der Waals surface area (Å²) in [5.74, 6) is -0.720. The van der Waals surface area contributed by atoms with E-state index in [-0.39, 0.29) is 18.4 Å². The summed E-state index contributed by atoms with van der Waals surface area (Å²) in [6, 6.07) is 8.78. The van der Waals surface area contributed by atoms with Crippen molar-refractivity contribution in [1.29, 1.82) is 0 Å². The molecule has 0 aliphatic heterocycles. The summed E-state index contributed by atoms with van der Waals surface area (Å²) in [6.45, 7) is 3.78. The number of aromatic nitrogens is 2. The van der Waals surface area contributed by atoms with Gasteiger partial charge in [-0.05, 0) is 38.1 Å². The van der Waals surface area contributed by atoms with Gasteiger partial charge in [0.2, 0.25) is 0 Å². The first-order valence-corrected chi connectivity index (χ1v) is 7.11. The minimum Gasteiger partial charge on any atom is -0.271 e. The molecule has 0 unspecified atom stereocenters. The van der Waals surface area contributed by atoms with Crippen molar-refractivity contribution >= 4 is 27.7 Å². The van der Waals surface area contributed by atoms with Crippen molar-refractivity contribution in [2.75, 3.05) is 0 Å². The first-order chi connectivity index (χ1) is 9.95. The summed E-state index contributed by atoms with van der Waals surface area (Å²) in [4.78, 5) is 23.6. The number of halogens is 1. The summed E-state index contributed by atoms with van der Waals surface area (Å²) in [7, 11) is 0. The zero-order valence-electron chi connectivity index (χ0n) is 11.7. The van der Waals surface area contributed by atoms with Crippen LogP contribution in [0.25, 0.3) is 0 Å². The Bertz CT molecular complexity index is 681. The second-order valence-corrected chi connectivity index (χ2v) is 5.51. The second-order valence-electron chi connectivity index (χ2n) is 4.60. The number of aryl methyl sites for hydroxylation is 2. The van der Waals surface area contributed by atoms with Crippen LogP contribution in [-0.2, 0) is 11.3 Å². The molecule has 0 radical (unpaired) electrons. The smallest absolute Gasteiger partial charge is 0.269 e. The van der Waals surface area contributed by atoms with E-state index in [1.807, 2.05) is 26.0 Å². The topological polar surface area (TPSA) is 76.0 Å². The fraction of sp³-hybridized carbons (Fsp3) is 0.214. The summed E-state index contributed by atoms with van der Waals surface area (Å²) in [5.41, 5.74) is 6.93. The van der Waals surface area contributed by atoms with Crippen LogP contribution in [0.4, 0.5) is 0 Å². The largest absolute Gasteiger partial charge is 0.271 e. The van der Waals surface area contributed by atoms with Crippen LogP contribution in [0, 0.1) is 13.8 Å². The van der Waals surface area contributed by atoms with Crippen molar-refractivity contribution in [2.45, 2.75) is 20.4 Å². The lowest BCUT2D eigenvalue weighted by molar-refractivity contribution is -0.122. The quantitative estimate of drug-likeness (QED) is 0.827. The summed E-state index contributed by atoms with van der Waals surface area (Å²) in [6.07, 6.45) is 0. The van der Waals surface area contributed by atoms with Crippen LogP contribution >= 0.6 is 15.9 Å². The lowest BCUT2D eigenvalue weighted by atomic mass is 10.2. The Balaban J connectivity index is 1.89. The Hall–Kier alpha value is -2.15. The van der Waals surface area contributed by atoms with Gasteiger partial charge in [-0.3, -0.25) is 25.1 Å². The van der Waals surface area contributed by atoms with Gasteiger partial charge in [0.1, 0.15) is 6.54 Å². The van der Waals surface area contributed by atoms with Gasteiger partial charge in [-0.15, -0.1) is 0 Å². The van der Waals surface area contributed by atoms with Crippen LogP contribution < -0.4 is 10.9 Å². The molecule has 0 aliphatic carbocycles. The molecule has 1 heterocycles. The average molecular weight is 351 g/mol. The standard InChI is InChI=1S/C14H15BrN4O2/c1-9-6-10(2)19(18-9)8-13(20)16-17-14(21)11-4-3-5-12(15)7-11/h3-7H,8H2,1-2H3,(H,16,20)(H,17,21). The molecule has 2 rings (SSSR count). The molecule has 2 aromatic rings. The predicted molar refractivity (Wildman–Crippen MR) is 81.5 cm³/mol. The number of carbonyl (C=O) groups is 2. The Kier molecular flexibility index (Phi) is 4.74. The van der Waals surface area contributed by atoms with Crippen molar-refractivity contribution in [3.05, 3.63) is 51.8 Å². The zero-order valence-corrected chi connectivity index (χ0v) is 13.3. The molecule has 0 bridgehead atoms. The predicted octanol–water partition coefficient (Wildman–Crippen LogP) is 1.72. The van der Waals surface area contributed by atoms with Gasteiger partial charge < -0.3 is 0 Å².